The summed E-state index contributed by atoms with van der Waals surface area (Å²) in [6.07, 6.45) is 4.54. The second kappa shape index (κ2) is 11.2. The maximum Gasteiger partial charge on any atom is 0.251 e. The highest BCUT2D eigenvalue weighted by Crippen LogP contribution is 2.43. The first-order chi connectivity index (χ1) is 13.7. The summed E-state index contributed by atoms with van der Waals surface area (Å²) in [6.45, 7) is 1.65. The van der Waals surface area contributed by atoms with Gasteiger partial charge in [0.1, 0.15) is 0 Å². The van der Waals surface area contributed by atoms with Crippen LogP contribution in [0.25, 0.3) is 0 Å². The van der Waals surface area contributed by atoms with Crippen LogP contribution in [0.2, 0.25) is 0 Å². The van der Waals surface area contributed by atoms with E-state index in [0.29, 0.717) is 5.56 Å². The fraction of sp³-hybridized carbons (Fsp3) is 0.391. The van der Waals surface area contributed by atoms with E-state index < -0.39 is 0 Å². The summed E-state index contributed by atoms with van der Waals surface area (Å²) < 4.78 is 0. The smallest absolute Gasteiger partial charge is 0.251 e. The summed E-state index contributed by atoms with van der Waals surface area (Å²) in [5.41, 5.74) is 3.46. The van der Waals surface area contributed by atoms with Crippen molar-refractivity contribution in [1.82, 2.24) is 16.0 Å². The molecule has 0 heterocycles. The summed E-state index contributed by atoms with van der Waals surface area (Å²) in [4.78, 5) is 16.1. The SMILES string of the molecule is CN=C(NCCc1cccc(C(=O)NC)c1)NCC1(c2ccccc2)CCC1.I. The third-order valence-corrected chi connectivity index (χ3v) is 5.64. The Kier molecular flexibility index (Phi) is 8.95. The molecule has 1 saturated carbocycles. The fourth-order valence-electron chi connectivity index (χ4n) is 3.77. The van der Waals surface area contributed by atoms with Crippen molar-refractivity contribution < 1.29 is 4.79 Å². The number of rotatable bonds is 7. The highest BCUT2D eigenvalue weighted by atomic mass is 127. The molecule has 0 spiro atoms. The highest BCUT2D eigenvalue weighted by molar-refractivity contribution is 14.0. The first kappa shape index (κ1) is 23.2. The van der Waals surface area contributed by atoms with Gasteiger partial charge >= 0.3 is 0 Å². The molecule has 2 aromatic rings. The van der Waals surface area contributed by atoms with Crippen molar-refractivity contribution in [3.8, 4) is 0 Å². The van der Waals surface area contributed by atoms with Gasteiger partial charge in [0, 0.05) is 38.2 Å². The third kappa shape index (κ3) is 5.95. The Labute approximate surface area is 190 Å². The molecule has 29 heavy (non-hydrogen) atoms. The van der Waals surface area contributed by atoms with Crippen LogP contribution in [-0.4, -0.2) is 39.1 Å². The molecule has 6 heteroatoms. The molecule has 1 aliphatic rings. The summed E-state index contributed by atoms with van der Waals surface area (Å²) in [5, 5.41) is 9.57. The normalized spacial score (nSPS) is 14.9. The van der Waals surface area contributed by atoms with Crippen molar-refractivity contribution in [2.75, 3.05) is 27.2 Å². The Morgan fingerprint density at radius 1 is 1.07 bits per heavy atom. The van der Waals surface area contributed by atoms with E-state index in [0.717, 1.165) is 31.0 Å². The number of nitrogens with zero attached hydrogens (tertiary/aromatic N) is 1. The number of amides is 1. The molecule has 0 unspecified atom stereocenters. The Morgan fingerprint density at radius 2 is 1.83 bits per heavy atom. The zero-order valence-corrected chi connectivity index (χ0v) is 19.5. The Morgan fingerprint density at radius 3 is 2.45 bits per heavy atom. The van der Waals surface area contributed by atoms with Crippen molar-refractivity contribution in [3.63, 3.8) is 0 Å². The first-order valence-corrected chi connectivity index (χ1v) is 9.98. The van der Waals surface area contributed by atoms with Gasteiger partial charge in [-0.3, -0.25) is 9.79 Å². The second-order valence-electron chi connectivity index (χ2n) is 7.38. The Balaban J connectivity index is 0.00000300. The van der Waals surface area contributed by atoms with Gasteiger partial charge in [-0.05, 0) is 42.5 Å². The first-order valence-electron chi connectivity index (χ1n) is 9.98. The zero-order valence-electron chi connectivity index (χ0n) is 17.2. The van der Waals surface area contributed by atoms with Crippen LogP contribution >= 0.6 is 24.0 Å². The van der Waals surface area contributed by atoms with Gasteiger partial charge in [-0.25, -0.2) is 0 Å². The van der Waals surface area contributed by atoms with E-state index in [-0.39, 0.29) is 35.3 Å². The third-order valence-electron chi connectivity index (χ3n) is 5.64. The number of nitrogens with one attached hydrogen (secondary N) is 3. The predicted octanol–water partition coefficient (Wildman–Crippen LogP) is 3.49. The molecule has 0 aromatic heterocycles. The van der Waals surface area contributed by atoms with Gasteiger partial charge < -0.3 is 16.0 Å². The van der Waals surface area contributed by atoms with Crippen LogP contribution in [0.4, 0.5) is 0 Å². The van der Waals surface area contributed by atoms with E-state index >= 15 is 0 Å². The van der Waals surface area contributed by atoms with E-state index in [4.69, 9.17) is 0 Å². The van der Waals surface area contributed by atoms with E-state index in [9.17, 15) is 4.79 Å². The Hall–Kier alpha value is -2.09. The van der Waals surface area contributed by atoms with Crippen LogP contribution in [0.1, 0.15) is 40.7 Å². The average molecular weight is 506 g/mol. The molecule has 1 fully saturated rings. The monoisotopic (exact) mass is 506 g/mol. The zero-order chi connectivity index (χ0) is 19.8. The molecule has 5 nitrogen and oxygen atoms in total. The van der Waals surface area contributed by atoms with E-state index in [1.807, 2.05) is 24.3 Å². The maximum absolute atomic E-state index is 11.8. The lowest BCUT2D eigenvalue weighted by Gasteiger charge is -2.43. The molecule has 0 aliphatic heterocycles. The molecule has 1 amide bonds. The van der Waals surface area contributed by atoms with Crippen molar-refractivity contribution >= 4 is 35.8 Å². The van der Waals surface area contributed by atoms with Gasteiger partial charge in [-0.15, -0.1) is 24.0 Å². The molecule has 3 rings (SSSR count). The topological polar surface area (TPSA) is 65.5 Å². The van der Waals surface area contributed by atoms with Gasteiger partial charge in [-0.1, -0.05) is 48.9 Å². The maximum atomic E-state index is 11.8. The van der Waals surface area contributed by atoms with E-state index in [2.05, 4.69) is 51.3 Å². The number of aliphatic imine (C=N–C) groups is 1. The van der Waals surface area contributed by atoms with Gasteiger partial charge in [-0.2, -0.15) is 0 Å². The van der Waals surface area contributed by atoms with Gasteiger partial charge in [0.2, 0.25) is 0 Å². The lowest BCUT2D eigenvalue weighted by atomic mass is 9.64. The molecular formula is C23H31IN4O. The highest BCUT2D eigenvalue weighted by Gasteiger charge is 2.38. The van der Waals surface area contributed by atoms with Crippen LogP contribution in [0.3, 0.4) is 0 Å². The number of hydrogen-bond acceptors (Lipinski definition) is 2. The molecular weight excluding hydrogens is 475 g/mol. The molecule has 0 atom stereocenters. The molecule has 2 aromatic carbocycles. The lowest BCUT2D eigenvalue weighted by molar-refractivity contribution is 0.0963. The number of guanidine groups is 1. The lowest BCUT2D eigenvalue weighted by Crippen LogP contribution is -2.49. The van der Waals surface area contributed by atoms with Gasteiger partial charge in [0.25, 0.3) is 5.91 Å². The van der Waals surface area contributed by atoms with Crippen molar-refractivity contribution in [3.05, 3.63) is 71.3 Å². The van der Waals surface area contributed by atoms with Crippen LogP contribution in [0, 0.1) is 0 Å². The van der Waals surface area contributed by atoms with Crippen LogP contribution in [0.15, 0.2) is 59.6 Å². The molecule has 0 saturated heterocycles. The number of carbonyl (C=O) groups excluding carboxylic acids is 1. The average Bonchev–Trinajstić information content (AvgIpc) is 2.72. The molecule has 3 N–H and O–H groups in total. The van der Waals surface area contributed by atoms with Crippen molar-refractivity contribution in [1.29, 1.82) is 0 Å². The summed E-state index contributed by atoms with van der Waals surface area (Å²) in [5.74, 6) is 0.767. The standard InChI is InChI=1S/C23H30N4O.HI/c1-24-21(28)19-9-6-8-18(16-19)12-15-26-22(25-2)27-17-23(13-7-14-23)20-10-4-3-5-11-20;/h3-6,8-11,16H,7,12-15,17H2,1-2H3,(H,24,28)(H2,25,26,27);1H. The quantitative estimate of drug-likeness (QED) is 0.306. The minimum atomic E-state index is -0.0565. The van der Waals surface area contributed by atoms with Gasteiger partial charge in [0.05, 0.1) is 0 Å². The van der Waals surface area contributed by atoms with Crippen LogP contribution in [-0.2, 0) is 11.8 Å². The number of benzene rings is 2. The number of halogens is 1. The molecule has 156 valence electrons. The predicted molar refractivity (Wildman–Crippen MR) is 130 cm³/mol. The van der Waals surface area contributed by atoms with Gasteiger partial charge in [0.15, 0.2) is 5.96 Å². The van der Waals surface area contributed by atoms with Crippen LogP contribution in [0.5, 0.6) is 0 Å². The summed E-state index contributed by atoms with van der Waals surface area (Å²) in [6, 6.07) is 18.5. The summed E-state index contributed by atoms with van der Waals surface area (Å²) >= 11 is 0. The molecule has 1 aliphatic carbocycles. The summed E-state index contributed by atoms with van der Waals surface area (Å²) in [7, 11) is 3.45. The van der Waals surface area contributed by atoms with Crippen LogP contribution < -0.4 is 16.0 Å². The molecule has 0 bridgehead atoms. The number of carbonyl (C=O) groups is 1. The fourth-order valence-corrected chi connectivity index (χ4v) is 3.77. The minimum Gasteiger partial charge on any atom is -0.356 e. The van der Waals surface area contributed by atoms with E-state index in [1.165, 1.54) is 24.8 Å². The second-order valence-corrected chi connectivity index (χ2v) is 7.38. The molecule has 0 radical (unpaired) electrons. The minimum absolute atomic E-state index is 0. The van der Waals surface area contributed by atoms with E-state index in [1.54, 1.807) is 14.1 Å². The van der Waals surface area contributed by atoms with Crippen molar-refractivity contribution in [2.24, 2.45) is 4.99 Å². The Bertz CT molecular complexity index is 819. The van der Waals surface area contributed by atoms with Crippen molar-refractivity contribution in [2.45, 2.75) is 31.1 Å². The largest absolute Gasteiger partial charge is 0.356 e. The number of hydrogen-bond donors (Lipinski definition) is 3.